The zero-order chi connectivity index (χ0) is 16.3. The molecule has 1 fully saturated rings. The van der Waals surface area contributed by atoms with Crippen LogP contribution in [0.2, 0.25) is 0 Å². The Bertz CT molecular complexity index is 629. The van der Waals surface area contributed by atoms with Gasteiger partial charge in [-0.1, -0.05) is 12.1 Å². The fourth-order valence-electron chi connectivity index (χ4n) is 2.62. The Kier molecular flexibility index (Phi) is 5.47. The third-order valence-corrected chi connectivity index (χ3v) is 4.98. The second-order valence-corrected chi connectivity index (χ2v) is 8.82. The van der Waals surface area contributed by atoms with Gasteiger partial charge in [0, 0.05) is 41.8 Å². The van der Waals surface area contributed by atoms with Crippen LogP contribution in [0.25, 0.3) is 0 Å². The molecule has 1 aromatic rings. The zero-order valence-electron chi connectivity index (χ0n) is 12.8. The van der Waals surface area contributed by atoms with Gasteiger partial charge in [-0.25, -0.2) is 8.42 Å². The van der Waals surface area contributed by atoms with Crippen molar-refractivity contribution in [2.75, 3.05) is 37.8 Å². The first-order valence-electron chi connectivity index (χ1n) is 7.21. The highest BCUT2D eigenvalue weighted by atomic mass is 35.7. The largest absolute Gasteiger partial charge is 0.312 e. The lowest BCUT2D eigenvalue weighted by atomic mass is 10.1. The van der Waals surface area contributed by atoms with Gasteiger partial charge in [0.05, 0.1) is 5.75 Å². The average Bonchev–Trinajstić information content (AvgIpc) is 2.75. The van der Waals surface area contributed by atoms with Crippen molar-refractivity contribution < 1.29 is 13.2 Å². The van der Waals surface area contributed by atoms with Crippen molar-refractivity contribution in [1.82, 2.24) is 4.90 Å². The number of anilines is 1. The van der Waals surface area contributed by atoms with Crippen LogP contribution in [-0.2, 0) is 20.3 Å². The van der Waals surface area contributed by atoms with Crippen LogP contribution < -0.4 is 4.90 Å². The molecule has 1 aliphatic heterocycles. The summed E-state index contributed by atoms with van der Waals surface area (Å²) in [6.45, 7) is 1.37. The molecule has 0 radical (unpaired) electrons. The van der Waals surface area contributed by atoms with Crippen LogP contribution in [0.5, 0.6) is 0 Å². The summed E-state index contributed by atoms with van der Waals surface area (Å²) in [4.78, 5) is 15.8. The van der Waals surface area contributed by atoms with Crippen molar-refractivity contribution in [1.29, 1.82) is 0 Å². The molecule has 22 heavy (non-hydrogen) atoms. The van der Waals surface area contributed by atoms with Crippen molar-refractivity contribution in [3.05, 3.63) is 29.8 Å². The molecule has 0 N–H and O–H groups in total. The number of hydrogen-bond acceptors (Lipinski definition) is 4. The fourth-order valence-corrected chi connectivity index (χ4v) is 3.94. The molecule has 1 aliphatic rings. The van der Waals surface area contributed by atoms with Gasteiger partial charge < -0.3 is 9.80 Å². The summed E-state index contributed by atoms with van der Waals surface area (Å²) in [5.74, 6) is -0.438. The van der Waals surface area contributed by atoms with Crippen LogP contribution in [0.15, 0.2) is 24.3 Å². The van der Waals surface area contributed by atoms with Crippen LogP contribution in [0.1, 0.15) is 12.0 Å². The topological polar surface area (TPSA) is 57.7 Å². The van der Waals surface area contributed by atoms with Crippen molar-refractivity contribution >= 4 is 31.3 Å². The van der Waals surface area contributed by atoms with E-state index in [2.05, 4.69) is 4.90 Å². The predicted molar refractivity (Wildman–Crippen MR) is 88.8 cm³/mol. The Balaban J connectivity index is 2.01. The summed E-state index contributed by atoms with van der Waals surface area (Å²) in [6, 6.07) is 7.86. The predicted octanol–water partition coefficient (Wildman–Crippen LogP) is 1.71. The van der Waals surface area contributed by atoms with E-state index < -0.39 is 9.05 Å². The van der Waals surface area contributed by atoms with E-state index in [0.717, 1.165) is 18.7 Å². The van der Waals surface area contributed by atoms with Gasteiger partial charge in [-0.05, 0) is 38.2 Å². The van der Waals surface area contributed by atoms with Gasteiger partial charge in [0.1, 0.15) is 0 Å². The van der Waals surface area contributed by atoms with E-state index in [0.29, 0.717) is 6.54 Å². The van der Waals surface area contributed by atoms with E-state index in [9.17, 15) is 13.2 Å². The summed E-state index contributed by atoms with van der Waals surface area (Å²) in [5, 5.41) is 0. The molecule has 7 heteroatoms. The van der Waals surface area contributed by atoms with Crippen molar-refractivity contribution in [2.45, 2.75) is 12.8 Å². The number of likely N-dealkylation sites (N-methyl/N-ethyl adjacent to an activating group) is 1. The molecule has 5 nitrogen and oxygen atoms in total. The number of carbonyl (C=O) groups excluding carboxylic acids is 1. The smallest absolute Gasteiger partial charge is 0.232 e. The molecule has 1 aromatic carbocycles. The third kappa shape index (κ3) is 4.97. The molecular weight excluding hydrogens is 324 g/mol. The molecule has 1 unspecified atom stereocenters. The first-order chi connectivity index (χ1) is 10.2. The quantitative estimate of drug-likeness (QED) is 0.737. The lowest BCUT2D eigenvalue weighted by Crippen LogP contribution is -2.25. The molecule has 1 heterocycles. The lowest BCUT2D eigenvalue weighted by molar-refractivity contribution is -0.117. The van der Waals surface area contributed by atoms with E-state index in [1.54, 1.807) is 4.90 Å². The summed E-state index contributed by atoms with van der Waals surface area (Å²) in [7, 11) is 5.76. The minimum atomic E-state index is -3.57. The van der Waals surface area contributed by atoms with E-state index in [-0.39, 0.29) is 24.0 Å². The van der Waals surface area contributed by atoms with Crippen LogP contribution >= 0.6 is 10.7 Å². The Labute approximate surface area is 136 Å². The molecule has 0 aliphatic carbocycles. The molecule has 0 bridgehead atoms. The van der Waals surface area contributed by atoms with E-state index in [4.69, 9.17) is 10.7 Å². The highest BCUT2D eigenvalue weighted by Crippen LogP contribution is 2.27. The number of halogens is 1. The SMILES string of the molecule is CN(C)CCc1ccc(N2CC(CS(=O)(=O)Cl)CC2=O)cc1. The first kappa shape index (κ1) is 17.2. The van der Waals surface area contributed by atoms with Crippen molar-refractivity contribution in [3.63, 3.8) is 0 Å². The van der Waals surface area contributed by atoms with Gasteiger partial charge in [-0.3, -0.25) is 4.79 Å². The summed E-state index contributed by atoms with van der Waals surface area (Å²) in [6.07, 6.45) is 1.18. The number of carbonyl (C=O) groups is 1. The molecule has 2 rings (SSSR count). The molecule has 122 valence electrons. The number of nitrogens with zero attached hydrogens (tertiary/aromatic N) is 2. The summed E-state index contributed by atoms with van der Waals surface area (Å²) < 4.78 is 22.3. The van der Waals surface area contributed by atoms with E-state index in [1.165, 1.54) is 5.56 Å². The number of rotatable bonds is 6. The molecule has 1 amide bonds. The minimum Gasteiger partial charge on any atom is -0.312 e. The maximum Gasteiger partial charge on any atom is 0.232 e. The maximum atomic E-state index is 12.1. The molecule has 1 saturated heterocycles. The van der Waals surface area contributed by atoms with Gasteiger partial charge in [0.15, 0.2) is 0 Å². The van der Waals surface area contributed by atoms with Crippen LogP contribution in [0.3, 0.4) is 0 Å². The molecule has 0 saturated carbocycles. The normalized spacial score (nSPS) is 19.2. The lowest BCUT2D eigenvalue weighted by Gasteiger charge is -2.17. The highest BCUT2D eigenvalue weighted by Gasteiger charge is 2.33. The second-order valence-electron chi connectivity index (χ2n) is 6.00. The molecule has 0 aromatic heterocycles. The van der Waals surface area contributed by atoms with Gasteiger partial charge in [0.2, 0.25) is 15.0 Å². The Hall–Kier alpha value is -1.11. The number of amides is 1. The third-order valence-electron chi connectivity index (χ3n) is 3.74. The first-order valence-corrected chi connectivity index (χ1v) is 9.69. The van der Waals surface area contributed by atoms with Crippen LogP contribution in [0, 0.1) is 5.92 Å². The number of hydrogen-bond donors (Lipinski definition) is 0. The van der Waals surface area contributed by atoms with Gasteiger partial charge in [-0.15, -0.1) is 0 Å². The van der Waals surface area contributed by atoms with Gasteiger partial charge >= 0.3 is 0 Å². The van der Waals surface area contributed by atoms with E-state index in [1.807, 2.05) is 38.4 Å². The van der Waals surface area contributed by atoms with Gasteiger partial charge in [0.25, 0.3) is 0 Å². The maximum absolute atomic E-state index is 12.1. The average molecular weight is 345 g/mol. The highest BCUT2D eigenvalue weighted by molar-refractivity contribution is 8.13. The van der Waals surface area contributed by atoms with Crippen LogP contribution in [-0.4, -0.2) is 52.2 Å². The number of benzene rings is 1. The van der Waals surface area contributed by atoms with Crippen molar-refractivity contribution in [2.24, 2.45) is 5.92 Å². The standard InChI is InChI=1S/C15H21ClN2O3S/c1-17(2)8-7-12-3-5-14(6-4-12)18-10-13(9-15(18)19)11-22(16,20)21/h3-6,13H,7-11H2,1-2H3. The van der Waals surface area contributed by atoms with Crippen LogP contribution in [0.4, 0.5) is 5.69 Å². The summed E-state index contributed by atoms with van der Waals surface area (Å²) in [5.41, 5.74) is 2.03. The Morgan fingerprint density at radius 2 is 1.91 bits per heavy atom. The second kappa shape index (κ2) is 6.98. The monoisotopic (exact) mass is 344 g/mol. The van der Waals surface area contributed by atoms with Crippen molar-refractivity contribution in [3.8, 4) is 0 Å². The molecular formula is C15H21ClN2O3S. The fraction of sp³-hybridized carbons (Fsp3) is 0.533. The minimum absolute atomic E-state index is 0.0497. The van der Waals surface area contributed by atoms with E-state index >= 15 is 0 Å². The zero-order valence-corrected chi connectivity index (χ0v) is 14.4. The molecule has 0 spiro atoms. The summed E-state index contributed by atoms with van der Waals surface area (Å²) >= 11 is 0. The molecule has 1 atom stereocenters. The Morgan fingerprint density at radius 1 is 1.27 bits per heavy atom. The Morgan fingerprint density at radius 3 is 2.45 bits per heavy atom. The van der Waals surface area contributed by atoms with Gasteiger partial charge in [-0.2, -0.15) is 0 Å².